The molecule has 0 aliphatic rings. The zero-order valence-corrected chi connectivity index (χ0v) is 8.58. The van der Waals surface area contributed by atoms with E-state index in [0.717, 1.165) is 0 Å². The molecule has 1 heterocycles. The Balaban J connectivity index is 2.37. The SMILES string of the molecule is O=C(O)c1ccc(C(=O)c2ccccc2O)o1. The van der Waals surface area contributed by atoms with E-state index >= 15 is 0 Å². The Bertz CT molecular complexity index is 582. The monoisotopic (exact) mass is 232 g/mol. The zero-order valence-electron chi connectivity index (χ0n) is 8.58. The molecular weight excluding hydrogens is 224 g/mol. The summed E-state index contributed by atoms with van der Waals surface area (Å²) in [7, 11) is 0. The van der Waals surface area contributed by atoms with Crippen molar-refractivity contribution in [2.24, 2.45) is 0 Å². The standard InChI is InChI=1S/C12H8O5/c13-8-4-2-1-3-7(8)11(14)9-5-6-10(17-9)12(15)16/h1-6,13H,(H,15,16). The summed E-state index contributed by atoms with van der Waals surface area (Å²) >= 11 is 0. The fraction of sp³-hybridized carbons (Fsp3) is 0. The third kappa shape index (κ3) is 2.03. The first kappa shape index (κ1) is 10.9. The van der Waals surface area contributed by atoms with Gasteiger partial charge in [-0.2, -0.15) is 0 Å². The fourth-order valence-corrected chi connectivity index (χ4v) is 1.37. The highest BCUT2D eigenvalue weighted by Gasteiger charge is 2.18. The normalized spacial score (nSPS) is 10.1. The molecule has 1 aromatic heterocycles. The molecule has 0 amide bonds. The lowest BCUT2D eigenvalue weighted by Crippen LogP contribution is -2.00. The predicted octanol–water partition coefficient (Wildman–Crippen LogP) is 1.91. The van der Waals surface area contributed by atoms with Gasteiger partial charge in [0, 0.05) is 0 Å². The molecule has 1 aromatic carbocycles. The maximum atomic E-state index is 11.9. The first-order chi connectivity index (χ1) is 8.09. The van der Waals surface area contributed by atoms with Gasteiger partial charge < -0.3 is 14.6 Å². The van der Waals surface area contributed by atoms with Gasteiger partial charge >= 0.3 is 5.97 Å². The lowest BCUT2D eigenvalue weighted by molar-refractivity contribution is 0.0660. The van der Waals surface area contributed by atoms with E-state index in [1.807, 2.05) is 0 Å². The van der Waals surface area contributed by atoms with Crippen molar-refractivity contribution >= 4 is 11.8 Å². The molecule has 2 N–H and O–H groups in total. The molecule has 0 aliphatic carbocycles. The van der Waals surface area contributed by atoms with Gasteiger partial charge in [0.25, 0.3) is 0 Å². The molecule has 0 atom stereocenters. The van der Waals surface area contributed by atoms with Gasteiger partial charge in [-0.3, -0.25) is 4.79 Å². The molecule has 5 heteroatoms. The maximum absolute atomic E-state index is 11.9. The topological polar surface area (TPSA) is 87.7 Å². The molecule has 17 heavy (non-hydrogen) atoms. The third-order valence-corrected chi connectivity index (χ3v) is 2.19. The van der Waals surface area contributed by atoms with Crippen LogP contribution >= 0.6 is 0 Å². The summed E-state index contributed by atoms with van der Waals surface area (Å²) in [5.41, 5.74) is 0.0683. The Hall–Kier alpha value is -2.56. The van der Waals surface area contributed by atoms with Gasteiger partial charge in [0.2, 0.25) is 11.5 Å². The molecule has 2 aromatic rings. The number of rotatable bonds is 3. The Morgan fingerprint density at radius 2 is 1.65 bits per heavy atom. The third-order valence-electron chi connectivity index (χ3n) is 2.19. The molecule has 86 valence electrons. The van der Waals surface area contributed by atoms with E-state index < -0.39 is 11.8 Å². The van der Waals surface area contributed by atoms with Crippen molar-refractivity contribution in [1.82, 2.24) is 0 Å². The number of para-hydroxylation sites is 1. The Kier molecular flexibility index (Phi) is 2.66. The van der Waals surface area contributed by atoms with Crippen molar-refractivity contribution in [3.63, 3.8) is 0 Å². The summed E-state index contributed by atoms with van der Waals surface area (Å²) in [5.74, 6) is -2.42. The maximum Gasteiger partial charge on any atom is 0.371 e. The number of phenolic OH excluding ortho intramolecular Hbond substituents is 1. The Morgan fingerprint density at radius 3 is 2.24 bits per heavy atom. The van der Waals surface area contributed by atoms with Crippen LogP contribution in [0.1, 0.15) is 26.7 Å². The molecule has 0 bridgehead atoms. The number of phenols is 1. The van der Waals surface area contributed by atoms with Crippen molar-refractivity contribution in [3.05, 3.63) is 53.5 Å². The van der Waals surface area contributed by atoms with E-state index in [1.54, 1.807) is 12.1 Å². The van der Waals surface area contributed by atoms with Crippen LogP contribution in [-0.2, 0) is 0 Å². The van der Waals surface area contributed by atoms with Crippen molar-refractivity contribution in [1.29, 1.82) is 0 Å². The van der Waals surface area contributed by atoms with E-state index in [1.165, 1.54) is 24.3 Å². The molecule has 2 rings (SSSR count). The van der Waals surface area contributed by atoms with Crippen LogP contribution in [0.15, 0.2) is 40.8 Å². The minimum absolute atomic E-state index is 0.0683. The number of aromatic hydroxyl groups is 1. The van der Waals surface area contributed by atoms with Gasteiger partial charge in [0.1, 0.15) is 5.75 Å². The van der Waals surface area contributed by atoms with Crippen molar-refractivity contribution in [3.8, 4) is 5.75 Å². The number of carbonyl (C=O) groups excluding carboxylic acids is 1. The molecule has 0 radical (unpaired) electrons. The second-order valence-electron chi connectivity index (χ2n) is 3.32. The van der Waals surface area contributed by atoms with E-state index in [-0.39, 0.29) is 22.8 Å². The van der Waals surface area contributed by atoms with Crippen LogP contribution in [0.25, 0.3) is 0 Å². The molecule has 0 saturated carbocycles. The largest absolute Gasteiger partial charge is 0.507 e. The minimum atomic E-state index is -1.25. The van der Waals surface area contributed by atoms with Crippen LogP contribution in [0, 0.1) is 0 Å². The number of carbonyl (C=O) groups is 2. The van der Waals surface area contributed by atoms with Gasteiger partial charge in [0.15, 0.2) is 5.76 Å². The number of aromatic carboxylic acids is 1. The molecule has 0 unspecified atom stereocenters. The average Bonchev–Trinajstić information content (AvgIpc) is 2.78. The van der Waals surface area contributed by atoms with Crippen LogP contribution in [0.5, 0.6) is 5.75 Å². The lowest BCUT2D eigenvalue weighted by atomic mass is 10.1. The first-order valence-corrected chi connectivity index (χ1v) is 4.75. The predicted molar refractivity (Wildman–Crippen MR) is 57.2 cm³/mol. The van der Waals surface area contributed by atoms with E-state index in [0.29, 0.717) is 0 Å². The quantitative estimate of drug-likeness (QED) is 0.789. The smallest absolute Gasteiger partial charge is 0.371 e. The molecular formula is C12H8O5. The van der Waals surface area contributed by atoms with Gasteiger partial charge in [-0.05, 0) is 24.3 Å². The zero-order chi connectivity index (χ0) is 12.4. The van der Waals surface area contributed by atoms with Crippen molar-refractivity contribution in [2.75, 3.05) is 0 Å². The van der Waals surface area contributed by atoms with E-state index in [2.05, 4.69) is 0 Å². The Labute approximate surface area is 95.9 Å². The van der Waals surface area contributed by atoms with Gasteiger partial charge in [-0.1, -0.05) is 12.1 Å². The molecule has 5 nitrogen and oxygen atoms in total. The van der Waals surface area contributed by atoms with E-state index in [9.17, 15) is 14.7 Å². The summed E-state index contributed by atoms with van der Waals surface area (Å²) in [5, 5.41) is 18.1. The summed E-state index contributed by atoms with van der Waals surface area (Å²) in [4.78, 5) is 22.4. The highest BCUT2D eigenvalue weighted by molar-refractivity contribution is 6.09. The molecule has 0 saturated heterocycles. The number of ketones is 1. The first-order valence-electron chi connectivity index (χ1n) is 4.75. The van der Waals surface area contributed by atoms with Gasteiger partial charge in [-0.25, -0.2) is 4.79 Å². The van der Waals surface area contributed by atoms with Crippen molar-refractivity contribution < 1.29 is 24.2 Å². The highest BCUT2D eigenvalue weighted by atomic mass is 16.4. The number of furan rings is 1. The summed E-state index contributed by atoms with van der Waals surface area (Å²) < 4.78 is 4.86. The van der Waals surface area contributed by atoms with Crippen LogP contribution < -0.4 is 0 Å². The van der Waals surface area contributed by atoms with Crippen LogP contribution in [0.4, 0.5) is 0 Å². The summed E-state index contributed by atoms with van der Waals surface area (Å²) in [6, 6.07) is 8.42. The number of hydrogen-bond donors (Lipinski definition) is 2. The number of carboxylic acid groups (broad SMARTS) is 1. The van der Waals surface area contributed by atoms with Crippen LogP contribution in [0.2, 0.25) is 0 Å². The molecule has 0 aliphatic heterocycles. The summed E-state index contributed by atoms with van der Waals surface area (Å²) in [6.07, 6.45) is 0. The highest BCUT2D eigenvalue weighted by Crippen LogP contribution is 2.21. The lowest BCUT2D eigenvalue weighted by Gasteiger charge is -2.00. The number of benzene rings is 1. The Morgan fingerprint density at radius 1 is 1.00 bits per heavy atom. The van der Waals surface area contributed by atoms with Crippen LogP contribution in [0.3, 0.4) is 0 Å². The number of hydrogen-bond acceptors (Lipinski definition) is 4. The van der Waals surface area contributed by atoms with Gasteiger partial charge in [0.05, 0.1) is 5.56 Å². The van der Waals surface area contributed by atoms with Crippen molar-refractivity contribution in [2.45, 2.75) is 0 Å². The summed E-state index contributed by atoms with van der Waals surface area (Å²) in [6.45, 7) is 0. The second kappa shape index (κ2) is 4.13. The number of carboxylic acids is 1. The molecule has 0 spiro atoms. The minimum Gasteiger partial charge on any atom is -0.507 e. The molecule has 0 fully saturated rings. The fourth-order valence-electron chi connectivity index (χ4n) is 1.37. The second-order valence-corrected chi connectivity index (χ2v) is 3.32. The van der Waals surface area contributed by atoms with Crippen LogP contribution in [-0.4, -0.2) is 22.0 Å². The van der Waals surface area contributed by atoms with Gasteiger partial charge in [-0.15, -0.1) is 0 Å². The average molecular weight is 232 g/mol. The van der Waals surface area contributed by atoms with E-state index in [4.69, 9.17) is 9.52 Å².